The average molecular weight is 236 g/mol. The normalized spacial score (nSPS) is 9.88. The summed E-state index contributed by atoms with van der Waals surface area (Å²) in [5, 5.41) is 3.25. The van der Waals surface area contributed by atoms with Gasteiger partial charge in [-0.15, -0.1) is 0 Å². The second-order valence-corrected chi connectivity index (χ2v) is 4.15. The van der Waals surface area contributed by atoms with E-state index < -0.39 is 0 Å². The lowest BCUT2D eigenvalue weighted by molar-refractivity contribution is -0.128. The van der Waals surface area contributed by atoms with Crippen LogP contribution in [0.5, 0.6) is 5.75 Å². The van der Waals surface area contributed by atoms with Crippen LogP contribution in [0.15, 0.2) is 18.2 Å². The van der Waals surface area contributed by atoms with Gasteiger partial charge in [0.1, 0.15) is 5.75 Å². The molecule has 4 heteroatoms. The van der Waals surface area contributed by atoms with Gasteiger partial charge in [0.05, 0.1) is 7.11 Å². The van der Waals surface area contributed by atoms with Gasteiger partial charge in [0.2, 0.25) is 5.91 Å². The summed E-state index contributed by atoms with van der Waals surface area (Å²) in [6, 6.07) is 5.84. The first-order valence-corrected chi connectivity index (χ1v) is 5.63. The number of hydrogen-bond acceptors (Lipinski definition) is 3. The van der Waals surface area contributed by atoms with E-state index in [0.29, 0.717) is 13.0 Å². The molecule has 1 amide bonds. The van der Waals surface area contributed by atoms with Crippen molar-refractivity contribution in [3.63, 3.8) is 0 Å². The van der Waals surface area contributed by atoms with E-state index in [2.05, 4.69) is 5.32 Å². The van der Waals surface area contributed by atoms with Crippen molar-refractivity contribution in [1.29, 1.82) is 0 Å². The molecule has 1 N–H and O–H groups in total. The van der Waals surface area contributed by atoms with Crippen LogP contribution in [0.3, 0.4) is 0 Å². The van der Waals surface area contributed by atoms with Crippen molar-refractivity contribution in [2.24, 2.45) is 0 Å². The Hall–Kier alpha value is -1.71. The number of aryl methyl sites for hydroxylation is 1. The summed E-state index contributed by atoms with van der Waals surface area (Å²) in [6.07, 6.45) is 0.498. The van der Waals surface area contributed by atoms with Crippen LogP contribution in [0.4, 0.5) is 5.69 Å². The summed E-state index contributed by atoms with van der Waals surface area (Å²) in [7, 11) is 5.18. The van der Waals surface area contributed by atoms with E-state index in [1.54, 1.807) is 26.1 Å². The third kappa shape index (κ3) is 3.98. The summed E-state index contributed by atoms with van der Waals surface area (Å²) < 4.78 is 5.14. The zero-order valence-corrected chi connectivity index (χ0v) is 10.9. The summed E-state index contributed by atoms with van der Waals surface area (Å²) in [6.45, 7) is 2.66. The molecule has 0 aromatic heterocycles. The van der Waals surface area contributed by atoms with E-state index in [0.717, 1.165) is 17.0 Å². The predicted molar refractivity (Wildman–Crippen MR) is 69.5 cm³/mol. The number of methoxy groups -OCH3 is 1. The van der Waals surface area contributed by atoms with Crippen molar-refractivity contribution >= 4 is 11.6 Å². The molecule has 0 aliphatic heterocycles. The van der Waals surface area contributed by atoms with Crippen LogP contribution in [0.2, 0.25) is 0 Å². The molecule has 94 valence electrons. The van der Waals surface area contributed by atoms with Crippen LogP contribution in [0.1, 0.15) is 12.0 Å². The Labute approximate surface area is 103 Å². The molecular formula is C13H20N2O2. The van der Waals surface area contributed by atoms with Crippen LogP contribution in [0, 0.1) is 6.92 Å². The Morgan fingerprint density at radius 1 is 1.41 bits per heavy atom. The molecule has 0 unspecified atom stereocenters. The fourth-order valence-electron chi connectivity index (χ4n) is 1.49. The SMILES string of the molecule is COc1ccc(NCCC(=O)N(C)C)c(C)c1. The minimum absolute atomic E-state index is 0.128. The van der Waals surface area contributed by atoms with Crippen LogP contribution in [0.25, 0.3) is 0 Å². The standard InChI is InChI=1S/C13H20N2O2/c1-10-9-11(17-4)5-6-12(10)14-8-7-13(16)15(2)3/h5-6,9,14H,7-8H2,1-4H3. The van der Waals surface area contributed by atoms with Gasteiger partial charge in [0.15, 0.2) is 0 Å². The number of nitrogens with zero attached hydrogens (tertiary/aromatic N) is 1. The fourth-order valence-corrected chi connectivity index (χ4v) is 1.49. The van der Waals surface area contributed by atoms with Gasteiger partial charge >= 0.3 is 0 Å². The number of carbonyl (C=O) groups is 1. The Morgan fingerprint density at radius 3 is 2.65 bits per heavy atom. The van der Waals surface area contributed by atoms with Gasteiger partial charge in [0.25, 0.3) is 0 Å². The molecule has 0 aliphatic rings. The predicted octanol–water partition coefficient (Wildman–Crippen LogP) is 1.89. The lowest BCUT2D eigenvalue weighted by atomic mass is 10.2. The first-order valence-electron chi connectivity index (χ1n) is 5.63. The number of amides is 1. The van der Waals surface area contributed by atoms with E-state index in [1.165, 1.54) is 0 Å². The first-order chi connectivity index (χ1) is 8.04. The van der Waals surface area contributed by atoms with Gasteiger partial charge < -0.3 is 15.0 Å². The number of rotatable bonds is 5. The Kier molecular flexibility index (Phi) is 4.82. The van der Waals surface area contributed by atoms with Crippen molar-refractivity contribution in [2.45, 2.75) is 13.3 Å². The Morgan fingerprint density at radius 2 is 2.12 bits per heavy atom. The van der Waals surface area contributed by atoms with Gasteiger partial charge in [-0.1, -0.05) is 0 Å². The highest BCUT2D eigenvalue weighted by atomic mass is 16.5. The number of hydrogen-bond donors (Lipinski definition) is 1. The highest BCUT2D eigenvalue weighted by Gasteiger charge is 2.04. The highest BCUT2D eigenvalue weighted by Crippen LogP contribution is 2.20. The summed E-state index contributed by atoms with van der Waals surface area (Å²) in [4.78, 5) is 13.0. The van der Waals surface area contributed by atoms with Gasteiger partial charge in [0, 0.05) is 32.7 Å². The summed E-state index contributed by atoms with van der Waals surface area (Å²) >= 11 is 0. The minimum Gasteiger partial charge on any atom is -0.497 e. The monoisotopic (exact) mass is 236 g/mol. The Bertz CT molecular complexity index is 389. The van der Waals surface area contributed by atoms with Crippen LogP contribution in [-0.2, 0) is 4.79 Å². The highest BCUT2D eigenvalue weighted by molar-refractivity contribution is 5.76. The molecule has 0 aliphatic carbocycles. The average Bonchev–Trinajstić information content (AvgIpc) is 2.30. The molecule has 0 atom stereocenters. The number of nitrogens with one attached hydrogen (secondary N) is 1. The van der Waals surface area contributed by atoms with Gasteiger partial charge in [-0.2, -0.15) is 0 Å². The molecular weight excluding hydrogens is 216 g/mol. The molecule has 1 aromatic rings. The fraction of sp³-hybridized carbons (Fsp3) is 0.462. The van der Waals surface area contributed by atoms with Crippen LogP contribution >= 0.6 is 0 Å². The minimum atomic E-state index is 0.128. The third-order valence-electron chi connectivity index (χ3n) is 2.59. The topological polar surface area (TPSA) is 41.6 Å². The van der Waals surface area contributed by atoms with E-state index in [1.807, 2.05) is 25.1 Å². The zero-order valence-electron chi connectivity index (χ0n) is 10.9. The van der Waals surface area contributed by atoms with Crippen molar-refractivity contribution in [3.05, 3.63) is 23.8 Å². The van der Waals surface area contributed by atoms with E-state index in [9.17, 15) is 4.79 Å². The van der Waals surface area contributed by atoms with Gasteiger partial charge in [-0.25, -0.2) is 0 Å². The molecule has 0 fully saturated rings. The number of anilines is 1. The lowest BCUT2D eigenvalue weighted by Gasteiger charge is -2.13. The van der Waals surface area contributed by atoms with Crippen LogP contribution < -0.4 is 10.1 Å². The van der Waals surface area contributed by atoms with Crippen molar-refractivity contribution in [2.75, 3.05) is 33.1 Å². The van der Waals surface area contributed by atoms with Gasteiger partial charge in [-0.05, 0) is 30.7 Å². The Balaban J connectivity index is 2.50. The summed E-state index contributed by atoms with van der Waals surface area (Å²) in [5.74, 6) is 0.973. The van der Waals surface area contributed by atoms with E-state index in [4.69, 9.17) is 4.74 Å². The molecule has 17 heavy (non-hydrogen) atoms. The van der Waals surface area contributed by atoms with E-state index >= 15 is 0 Å². The van der Waals surface area contributed by atoms with Gasteiger partial charge in [-0.3, -0.25) is 4.79 Å². The molecule has 1 rings (SSSR count). The molecule has 0 bridgehead atoms. The first kappa shape index (κ1) is 13.4. The molecule has 0 heterocycles. The maximum absolute atomic E-state index is 11.4. The molecule has 0 saturated carbocycles. The second-order valence-electron chi connectivity index (χ2n) is 4.15. The molecule has 0 radical (unpaired) electrons. The number of carbonyl (C=O) groups excluding carboxylic acids is 1. The maximum Gasteiger partial charge on any atom is 0.223 e. The van der Waals surface area contributed by atoms with Crippen molar-refractivity contribution in [3.8, 4) is 5.75 Å². The smallest absolute Gasteiger partial charge is 0.223 e. The second kappa shape index (κ2) is 6.13. The lowest BCUT2D eigenvalue weighted by Crippen LogP contribution is -2.23. The maximum atomic E-state index is 11.4. The third-order valence-corrected chi connectivity index (χ3v) is 2.59. The number of ether oxygens (including phenoxy) is 1. The largest absolute Gasteiger partial charge is 0.497 e. The molecule has 1 aromatic carbocycles. The van der Waals surface area contributed by atoms with E-state index in [-0.39, 0.29) is 5.91 Å². The molecule has 0 spiro atoms. The summed E-state index contributed by atoms with van der Waals surface area (Å²) in [5.41, 5.74) is 2.15. The zero-order chi connectivity index (χ0) is 12.8. The molecule has 4 nitrogen and oxygen atoms in total. The quantitative estimate of drug-likeness (QED) is 0.849. The van der Waals surface area contributed by atoms with Crippen LogP contribution in [-0.4, -0.2) is 38.6 Å². The van der Waals surface area contributed by atoms with Crippen molar-refractivity contribution in [1.82, 2.24) is 4.90 Å². The number of benzene rings is 1. The molecule has 0 saturated heterocycles. The van der Waals surface area contributed by atoms with Crippen molar-refractivity contribution < 1.29 is 9.53 Å².